The van der Waals surface area contributed by atoms with E-state index in [1.54, 1.807) is 36.3 Å². The number of nitrogens with one attached hydrogen (secondary N) is 1. The van der Waals surface area contributed by atoms with Gasteiger partial charge in [0, 0.05) is 13.1 Å². The minimum atomic E-state index is -0.499. The van der Waals surface area contributed by atoms with Crippen molar-refractivity contribution in [3.63, 3.8) is 0 Å². The molecule has 0 radical (unpaired) electrons. The van der Waals surface area contributed by atoms with Crippen LogP contribution in [0.2, 0.25) is 0 Å². The quantitative estimate of drug-likeness (QED) is 0.842. The van der Waals surface area contributed by atoms with Gasteiger partial charge in [0.2, 0.25) is 11.8 Å². The van der Waals surface area contributed by atoms with Gasteiger partial charge in [-0.15, -0.1) is 0 Å². The molecule has 1 fully saturated rings. The van der Waals surface area contributed by atoms with Crippen molar-refractivity contribution in [2.45, 2.75) is 25.4 Å². The number of amides is 3. The molecule has 2 heterocycles. The second-order valence-electron chi connectivity index (χ2n) is 7.23. The summed E-state index contributed by atoms with van der Waals surface area (Å²) in [5.74, 6) is 0.0937. The van der Waals surface area contributed by atoms with E-state index in [2.05, 4.69) is 5.32 Å². The second kappa shape index (κ2) is 7.95. The molecule has 29 heavy (non-hydrogen) atoms. The summed E-state index contributed by atoms with van der Waals surface area (Å²) in [6.45, 7) is 0.769. The van der Waals surface area contributed by atoms with E-state index in [-0.39, 0.29) is 24.3 Å². The maximum atomic E-state index is 13.2. The summed E-state index contributed by atoms with van der Waals surface area (Å²) in [5.41, 5.74) is 1.86. The SMILES string of the molecule is COc1cccc(CNC(=O)CN2C(=O)[C@H]3CCCN3C(=O)c3ccccc32)c1. The molecule has 2 aromatic carbocycles. The molecule has 0 bridgehead atoms. The highest BCUT2D eigenvalue weighted by Crippen LogP contribution is 2.32. The molecular formula is C22H23N3O4. The van der Waals surface area contributed by atoms with Crippen molar-refractivity contribution >= 4 is 23.4 Å². The van der Waals surface area contributed by atoms with Crippen LogP contribution in [-0.2, 0) is 16.1 Å². The fourth-order valence-corrected chi connectivity index (χ4v) is 3.96. The number of nitrogens with zero attached hydrogens (tertiary/aromatic N) is 2. The zero-order valence-electron chi connectivity index (χ0n) is 16.3. The molecule has 1 N–H and O–H groups in total. The topological polar surface area (TPSA) is 79.0 Å². The van der Waals surface area contributed by atoms with E-state index in [9.17, 15) is 14.4 Å². The Balaban J connectivity index is 1.53. The summed E-state index contributed by atoms with van der Waals surface area (Å²) < 4.78 is 5.20. The number of benzene rings is 2. The van der Waals surface area contributed by atoms with Gasteiger partial charge in [0.25, 0.3) is 5.91 Å². The van der Waals surface area contributed by atoms with Crippen LogP contribution >= 0.6 is 0 Å². The van der Waals surface area contributed by atoms with Crippen LogP contribution in [0.5, 0.6) is 5.75 Å². The van der Waals surface area contributed by atoms with E-state index >= 15 is 0 Å². The van der Waals surface area contributed by atoms with Crippen LogP contribution in [0.25, 0.3) is 0 Å². The molecule has 4 rings (SSSR count). The van der Waals surface area contributed by atoms with Gasteiger partial charge in [-0.1, -0.05) is 24.3 Å². The Hall–Kier alpha value is -3.35. The van der Waals surface area contributed by atoms with Gasteiger partial charge in [0.15, 0.2) is 0 Å². The molecule has 0 unspecified atom stereocenters. The normalized spacial score (nSPS) is 18.2. The summed E-state index contributed by atoms with van der Waals surface area (Å²) in [6.07, 6.45) is 1.42. The lowest BCUT2D eigenvalue weighted by molar-refractivity contribution is -0.125. The van der Waals surface area contributed by atoms with Crippen LogP contribution in [0.3, 0.4) is 0 Å². The lowest BCUT2D eigenvalue weighted by atomic mass is 10.1. The van der Waals surface area contributed by atoms with Crippen molar-refractivity contribution in [2.24, 2.45) is 0 Å². The number of rotatable bonds is 5. The summed E-state index contributed by atoms with van der Waals surface area (Å²) in [5, 5.41) is 2.85. The second-order valence-corrected chi connectivity index (χ2v) is 7.23. The van der Waals surface area contributed by atoms with Gasteiger partial charge in [-0.2, -0.15) is 0 Å². The van der Waals surface area contributed by atoms with E-state index in [1.807, 2.05) is 24.3 Å². The zero-order chi connectivity index (χ0) is 20.4. The third-order valence-electron chi connectivity index (χ3n) is 5.42. The van der Waals surface area contributed by atoms with Gasteiger partial charge >= 0.3 is 0 Å². The van der Waals surface area contributed by atoms with Crippen molar-refractivity contribution < 1.29 is 19.1 Å². The predicted octanol–water partition coefficient (Wildman–Crippen LogP) is 1.96. The van der Waals surface area contributed by atoms with Crippen molar-refractivity contribution in [1.82, 2.24) is 10.2 Å². The number of hydrogen-bond donors (Lipinski definition) is 1. The summed E-state index contributed by atoms with van der Waals surface area (Å²) in [6, 6.07) is 13.9. The minimum absolute atomic E-state index is 0.128. The molecule has 2 aliphatic heterocycles. The monoisotopic (exact) mass is 393 g/mol. The Morgan fingerprint density at radius 1 is 1.17 bits per heavy atom. The van der Waals surface area contributed by atoms with Crippen molar-refractivity contribution in [3.05, 3.63) is 59.7 Å². The minimum Gasteiger partial charge on any atom is -0.497 e. The molecule has 7 heteroatoms. The Morgan fingerprint density at radius 2 is 2.00 bits per heavy atom. The van der Waals surface area contributed by atoms with Gasteiger partial charge < -0.3 is 19.9 Å². The average molecular weight is 393 g/mol. The first-order valence-electron chi connectivity index (χ1n) is 9.69. The van der Waals surface area contributed by atoms with Crippen molar-refractivity contribution in [2.75, 3.05) is 25.1 Å². The molecule has 7 nitrogen and oxygen atoms in total. The lowest BCUT2D eigenvalue weighted by Gasteiger charge is -2.25. The number of fused-ring (bicyclic) bond motifs is 2. The van der Waals surface area contributed by atoms with E-state index < -0.39 is 6.04 Å². The van der Waals surface area contributed by atoms with Crippen LogP contribution in [0.15, 0.2) is 48.5 Å². The summed E-state index contributed by atoms with van der Waals surface area (Å²) in [4.78, 5) is 41.8. The first kappa shape index (κ1) is 19.0. The molecule has 1 atom stereocenters. The van der Waals surface area contributed by atoms with Gasteiger partial charge in [-0.3, -0.25) is 14.4 Å². The van der Waals surface area contributed by atoms with Gasteiger partial charge in [-0.25, -0.2) is 0 Å². The number of methoxy groups -OCH3 is 1. The zero-order valence-corrected chi connectivity index (χ0v) is 16.3. The van der Waals surface area contributed by atoms with Gasteiger partial charge in [0.1, 0.15) is 18.3 Å². The molecule has 1 saturated heterocycles. The highest BCUT2D eigenvalue weighted by atomic mass is 16.5. The molecule has 150 valence electrons. The van der Waals surface area contributed by atoms with Crippen LogP contribution in [-0.4, -0.2) is 48.9 Å². The number of hydrogen-bond acceptors (Lipinski definition) is 4. The maximum absolute atomic E-state index is 13.2. The molecular weight excluding hydrogens is 370 g/mol. The average Bonchev–Trinajstić information content (AvgIpc) is 3.22. The standard InChI is InChI=1S/C22H23N3O4/c1-29-16-7-4-6-15(12-16)13-23-20(26)14-25-18-9-3-2-8-17(18)21(27)24-11-5-10-19(24)22(25)28/h2-4,6-9,12,19H,5,10-11,13-14H2,1H3,(H,23,26)/t19-/m1/s1. The van der Waals surface area contributed by atoms with E-state index in [4.69, 9.17) is 4.74 Å². The van der Waals surface area contributed by atoms with E-state index in [0.29, 0.717) is 36.5 Å². The number of anilines is 1. The van der Waals surface area contributed by atoms with Crippen LogP contribution in [0.1, 0.15) is 28.8 Å². The van der Waals surface area contributed by atoms with Crippen molar-refractivity contribution in [3.8, 4) is 5.75 Å². The van der Waals surface area contributed by atoms with Crippen LogP contribution in [0, 0.1) is 0 Å². The summed E-state index contributed by atoms with van der Waals surface area (Å²) in [7, 11) is 1.59. The molecule has 0 spiro atoms. The van der Waals surface area contributed by atoms with Crippen LogP contribution < -0.4 is 15.0 Å². The molecule has 2 aliphatic rings. The Bertz CT molecular complexity index is 959. The molecule has 0 saturated carbocycles. The van der Waals surface area contributed by atoms with Gasteiger partial charge in [0.05, 0.1) is 18.4 Å². The van der Waals surface area contributed by atoms with Crippen LogP contribution in [0.4, 0.5) is 5.69 Å². The molecule has 3 amide bonds. The maximum Gasteiger partial charge on any atom is 0.256 e. The smallest absolute Gasteiger partial charge is 0.256 e. The highest BCUT2D eigenvalue weighted by molar-refractivity contribution is 6.12. The first-order chi connectivity index (χ1) is 14.1. The number of ether oxygens (including phenoxy) is 1. The number of carbonyl (C=O) groups excluding carboxylic acids is 3. The fraction of sp³-hybridized carbons (Fsp3) is 0.318. The molecule has 2 aromatic rings. The van der Waals surface area contributed by atoms with E-state index in [1.165, 1.54) is 4.90 Å². The third kappa shape index (κ3) is 3.68. The lowest BCUT2D eigenvalue weighted by Crippen LogP contribution is -2.48. The fourth-order valence-electron chi connectivity index (χ4n) is 3.96. The Labute approximate surface area is 169 Å². The summed E-state index contributed by atoms with van der Waals surface area (Å²) >= 11 is 0. The number of carbonyl (C=O) groups is 3. The molecule has 0 aliphatic carbocycles. The van der Waals surface area contributed by atoms with Gasteiger partial charge in [-0.05, 0) is 42.7 Å². The molecule has 0 aromatic heterocycles. The van der Waals surface area contributed by atoms with E-state index in [0.717, 1.165) is 12.0 Å². The largest absolute Gasteiger partial charge is 0.497 e. The van der Waals surface area contributed by atoms with Crippen molar-refractivity contribution in [1.29, 1.82) is 0 Å². The highest BCUT2D eigenvalue weighted by Gasteiger charge is 2.42. The Kier molecular flexibility index (Phi) is 5.20. The third-order valence-corrected chi connectivity index (χ3v) is 5.42. The first-order valence-corrected chi connectivity index (χ1v) is 9.69. The number of para-hydroxylation sites is 1. The predicted molar refractivity (Wildman–Crippen MR) is 108 cm³/mol. The Morgan fingerprint density at radius 3 is 2.83 bits per heavy atom.